The van der Waals surface area contributed by atoms with E-state index in [-0.39, 0.29) is 36.3 Å². The van der Waals surface area contributed by atoms with Gasteiger partial charge in [0.2, 0.25) is 12.2 Å². The molecule has 202 valence electrons. The molecule has 1 unspecified atom stereocenters. The van der Waals surface area contributed by atoms with Gasteiger partial charge in [-0.05, 0) is 44.1 Å². The smallest absolute Gasteiger partial charge is 0.431 e. The maximum atomic E-state index is 13.2. The highest BCUT2D eigenvalue weighted by Gasteiger charge is 2.60. The predicted molar refractivity (Wildman–Crippen MR) is 137 cm³/mol. The van der Waals surface area contributed by atoms with Gasteiger partial charge in [-0.2, -0.15) is 0 Å². The number of esters is 1. The zero-order valence-electron chi connectivity index (χ0n) is 21.0. The van der Waals surface area contributed by atoms with Gasteiger partial charge in [0.1, 0.15) is 16.8 Å². The summed E-state index contributed by atoms with van der Waals surface area (Å²) >= 11 is 2.63. The number of aromatic nitrogens is 1. The van der Waals surface area contributed by atoms with Gasteiger partial charge >= 0.3 is 12.1 Å². The number of aliphatic hydroxyl groups excluding tert-OH is 2. The fourth-order valence-electron chi connectivity index (χ4n) is 5.02. The summed E-state index contributed by atoms with van der Waals surface area (Å²) in [6.45, 7) is 4.72. The molecule has 0 radical (unpaired) electrons. The Morgan fingerprint density at radius 1 is 1.27 bits per heavy atom. The average Bonchev–Trinajstić information content (AvgIpc) is 3.40. The van der Waals surface area contributed by atoms with Crippen molar-refractivity contribution in [3.63, 3.8) is 0 Å². The monoisotopic (exact) mass is 552 g/mol. The van der Waals surface area contributed by atoms with Crippen molar-refractivity contribution in [1.82, 2.24) is 9.88 Å². The summed E-state index contributed by atoms with van der Waals surface area (Å²) in [7, 11) is 0. The minimum Gasteiger partial charge on any atom is -0.431 e. The van der Waals surface area contributed by atoms with Crippen molar-refractivity contribution in [3.8, 4) is 0 Å². The van der Waals surface area contributed by atoms with E-state index in [0.717, 1.165) is 32.1 Å². The molecule has 3 aliphatic rings. The summed E-state index contributed by atoms with van der Waals surface area (Å²) in [6.07, 6.45) is 3.26. The Kier molecular flexibility index (Phi) is 8.94. The second-order valence-corrected chi connectivity index (χ2v) is 11.3. The molecule has 0 aromatic carbocycles. The van der Waals surface area contributed by atoms with E-state index in [1.54, 1.807) is 23.8 Å². The highest BCUT2D eigenvalue weighted by Crippen LogP contribution is 2.51. The first-order valence-corrected chi connectivity index (χ1v) is 14.2. The van der Waals surface area contributed by atoms with Crippen molar-refractivity contribution in [3.05, 3.63) is 32.1 Å². The molecule has 1 saturated heterocycles. The Bertz CT molecular complexity index is 1080. The van der Waals surface area contributed by atoms with Crippen LogP contribution in [-0.4, -0.2) is 62.7 Å². The van der Waals surface area contributed by atoms with Crippen molar-refractivity contribution in [2.24, 2.45) is 11.8 Å². The normalized spacial score (nSPS) is 25.6. The number of carbonyl (C=O) groups excluding carboxylic acids is 3. The number of hydrogen-bond donors (Lipinski definition) is 2. The molecule has 1 aromatic heterocycles. The van der Waals surface area contributed by atoms with Gasteiger partial charge < -0.3 is 29.3 Å². The number of rotatable bonds is 9. The maximum Gasteiger partial charge on any atom is 0.511 e. The Morgan fingerprint density at radius 3 is 2.65 bits per heavy atom. The molecule has 1 aliphatic carbocycles. The fourth-order valence-corrected chi connectivity index (χ4v) is 6.80. The van der Waals surface area contributed by atoms with Crippen LogP contribution < -0.4 is 0 Å². The molecule has 1 aromatic rings. The molecule has 2 N–H and O–H groups in total. The quantitative estimate of drug-likeness (QED) is 0.265. The Hall–Kier alpha value is -2.41. The molecular formula is C25H32N2O8S2. The number of thioether (sulfide) groups is 1. The molecule has 2 fully saturated rings. The van der Waals surface area contributed by atoms with Crippen LogP contribution in [0.25, 0.3) is 6.08 Å². The second-order valence-electron chi connectivity index (χ2n) is 9.44. The largest absolute Gasteiger partial charge is 0.511 e. The highest BCUT2D eigenvalue weighted by molar-refractivity contribution is 8.06. The summed E-state index contributed by atoms with van der Waals surface area (Å²) in [5.41, 5.74) is 0.651. The van der Waals surface area contributed by atoms with Crippen molar-refractivity contribution < 1.29 is 38.8 Å². The predicted octanol–water partition coefficient (Wildman–Crippen LogP) is 3.78. The first kappa shape index (κ1) is 27.6. The first-order valence-electron chi connectivity index (χ1n) is 12.4. The molecule has 0 bridgehead atoms. The van der Waals surface area contributed by atoms with E-state index in [1.807, 2.05) is 6.92 Å². The molecule has 5 atom stereocenters. The number of carbonyl (C=O) groups is 3. The van der Waals surface area contributed by atoms with Gasteiger partial charge in [-0.3, -0.25) is 4.79 Å². The van der Waals surface area contributed by atoms with Gasteiger partial charge in [0, 0.05) is 23.1 Å². The van der Waals surface area contributed by atoms with Gasteiger partial charge in [-0.1, -0.05) is 25.1 Å². The molecular weight excluding hydrogens is 520 g/mol. The van der Waals surface area contributed by atoms with Crippen molar-refractivity contribution in [1.29, 1.82) is 0 Å². The summed E-state index contributed by atoms with van der Waals surface area (Å²) in [5.74, 6) is -2.00. The number of thiazole rings is 1. The summed E-state index contributed by atoms with van der Waals surface area (Å²) in [5, 5.41) is 23.6. The molecule has 1 amide bonds. The number of ether oxygens (including phenoxy) is 3. The van der Waals surface area contributed by atoms with Crippen LogP contribution in [0, 0.1) is 11.8 Å². The van der Waals surface area contributed by atoms with Gasteiger partial charge in [-0.25, -0.2) is 14.6 Å². The van der Waals surface area contributed by atoms with Crippen LogP contribution in [0.4, 0.5) is 4.79 Å². The fraction of sp³-hybridized carbons (Fsp3) is 0.600. The zero-order valence-corrected chi connectivity index (χ0v) is 22.6. The van der Waals surface area contributed by atoms with Gasteiger partial charge in [0.05, 0.1) is 30.4 Å². The van der Waals surface area contributed by atoms with Gasteiger partial charge in [0.25, 0.3) is 0 Å². The van der Waals surface area contributed by atoms with E-state index >= 15 is 0 Å². The van der Waals surface area contributed by atoms with Crippen molar-refractivity contribution >= 4 is 47.2 Å². The molecule has 0 spiro atoms. The minimum absolute atomic E-state index is 0.0836. The SMILES string of the molecule is CC(OC(=O)OC1CCCCC1)OC(=O)C1=C(SC=Cc2nc(CO)cs2)[C@H](C)[C@@H]2[C@@H]([C@@H](C)O)C(=O)N12. The summed E-state index contributed by atoms with van der Waals surface area (Å²) < 4.78 is 15.9. The molecule has 2 aliphatic heterocycles. The lowest BCUT2D eigenvalue weighted by Crippen LogP contribution is -2.63. The van der Waals surface area contributed by atoms with Crippen LogP contribution in [0.3, 0.4) is 0 Å². The van der Waals surface area contributed by atoms with Crippen LogP contribution in [-0.2, 0) is 30.4 Å². The molecule has 10 nitrogen and oxygen atoms in total. The average molecular weight is 553 g/mol. The van der Waals surface area contributed by atoms with Crippen LogP contribution in [0.1, 0.15) is 63.6 Å². The van der Waals surface area contributed by atoms with Crippen LogP contribution in [0.5, 0.6) is 0 Å². The second kappa shape index (κ2) is 12.0. The van der Waals surface area contributed by atoms with Gasteiger partial charge in [0.15, 0.2) is 0 Å². The minimum atomic E-state index is -1.22. The van der Waals surface area contributed by atoms with Crippen LogP contribution in [0.15, 0.2) is 21.4 Å². The lowest BCUT2D eigenvalue weighted by Gasteiger charge is -2.46. The molecule has 12 heteroatoms. The van der Waals surface area contributed by atoms with E-state index in [4.69, 9.17) is 14.2 Å². The third-order valence-corrected chi connectivity index (χ3v) is 8.74. The standard InChI is InChI=1S/C25H32N2O8S2/c1-13-20-19(14(2)29)23(30)27(20)21(22(13)36-10-9-18-26-16(11-28)12-37-18)24(31)33-15(3)34-25(32)35-17-7-5-4-6-8-17/h9-10,12-15,17,19-20,28-29H,4-8,11H2,1-3H3/t13-,14-,15?,19-,20-/m1/s1. The van der Waals surface area contributed by atoms with Crippen molar-refractivity contribution in [2.75, 3.05) is 0 Å². The lowest BCUT2D eigenvalue weighted by molar-refractivity contribution is -0.174. The van der Waals surface area contributed by atoms with E-state index in [9.17, 15) is 24.6 Å². The number of nitrogens with zero attached hydrogens (tertiary/aromatic N) is 2. The molecule has 4 rings (SSSR count). The van der Waals surface area contributed by atoms with Crippen LogP contribution >= 0.6 is 23.1 Å². The van der Waals surface area contributed by atoms with Crippen LogP contribution in [0.2, 0.25) is 0 Å². The highest BCUT2D eigenvalue weighted by atomic mass is 32.2. The van der Waals surface area contributed by atoms with E-state index < -0.39 is 30.4 Å². The summed E-state index contributed by atoms with van der Waals surface area (Å²) in [4.78, 5) is 44.5. The molecule has 1 saturated carbocycles. The number of hydrogen-bond acceptors (Lipinski definition) is 11. The zero-order chi connectivity index (χ0) is 26.7. The Balaban J connectivity index is 1.46. The third-order valence-electron chi connectivity index (χ3n) is 6.79. The molecule has 3 heterocycles. The Morgan fingerprint density at radius 2 is 2.00 bits per heavy atom. The van der Waals surface area contributed by atoms with Gasteiger partial charge in [-0.15, -0.1) is 11.3 Å². The maximum absolute atomic E-state index is 13.2. The van der Waals surface area contributed by atoms with E-state index in [2.05, 4.69) is 4.98 Å². The number of β-lactam (4-membered cyclic amide) rings is 1. The van der Waals surface area contributed by atoms with Crippen molar-refractivity contribution in [2.45, 2.75) is 84.0 Å². The summed E-state index contributed by atoms with van der Waals surface area (Å²) in [6, 6.07) is -0.376. The first-order chi connectivity index (χ1) is 17.7. The molecule has 37 heavy (non-hydrogen) atoms. The Labute approximate surface area is 223 Å². The van der Waals surface area contributed by atoms with E-state index in [1.165, 1.54) is 34.9 Å². The van der Waals surface area contributed by atoms with E-state index in [0.29, 0.717) is 15.6 Å². The number of amides is 1. The lowest BCUT2D eigenvalue weighted by atomic mass is 9.79. The number of fused-ring (bicyclic) bond motifs is 1. The topological polar surface area (TPSA) is 135 Å². The third kappa shape index (κ3) is 6.02. The number of aliphatic hydroxyl groups is 2.